The van der Waals surface area contributed by atoms with Gasteiger partial charge >= 0.3 is 83.0 Å². The second-order valence-corrected chi connectivity index (χ2v) is 6.94. The fourth-order valence-corrected chi connectivity index (χ4v) is 1.48. The van der Waals surface area contributed by atoms with Crippen LogP contribution < -0.4 is 68.9 Å². The number of hydrogen-bond acceptors (Lipinski definition) is 10. The quantitative estimate of drug-likeness (QED) is 0.0846. The van der Waals surface area contributed by atoms with Gasteiger partial charge in [0.15, 0.2) is 0 Å². The zero-order valence-electron chi connectivity index (χ0n) is 17.9. The summed E-state index contributed by atoms with van der Waals surface area (Å²) in [7, 11) is -9.78. The molecule has 0 bridgehead atoms. The molecular formula is C10H24N2Na2O18P2. The first kappa shape index (κ1) is 50.7. The Balaban J connectivity index is -0.0000000882. The van der Waals surface area contributed by atoms with Crippen LogP contribution in [0.25, 0.3) is 0 Å². The van der Waals surface area contributed by atoms with E-state index in [9.17, 15) is 19.2 Å². The molecule has 20 nitrogen and oxygen atoms in total. The third kappa shape index (κ3) is 69.7. The van der Waals surface area contributed by atoms with Crippen LogP contribution in [0, 0.1) is 0 Å². The van der Waals surface area contributed by atoms with Gasteiger partial charge in [-0.1, -0.05) is 0 Å². The summed E-state index contributed by atoms with van der Waals surface area (Å²) in [5.74, 6) is -4.91. The number of hydrogen-bond donors (Lipinski definition) is 8. The molecule has 0 atom stereocenters. The Morgan fingerprint density at radius 3 is 0.765 bits per heavy atom. The van der Waals surface area contributed by atoms with Gasteiger partial charge in [-0.05, 0) is 0 Å². The molecule has 0 aromatic heterocycles. The molecule has 24 heteroatoms. The normalized spacial score (nSPS) is 9.76. The van der Waals surface area contributed by atoms with E-state index in [2.05, 4.69) is 0 Å². The smallest absolute Gasteiger partial charge is 0.756 e. The molecule has 0 aromatic carbocycles. The molecule has 0 aliphatic heterocycles. The second-order valence-electron chi connectivity index (χ2n) is 4.98. The number of carboxylic acids is 4. The first-order chi connectivity index (χ1) is 13.2. The van der Waals surface area contributed by atoms with Crippen molar-refractivity contribution in [3.63, 3.8) is 0 Å². The molecule has 0 aliphatic rings. The van der Waals surface area contributed by atoms with Gasteiger partial charge in [-0.3, -0.25) is 38.1 Å². The molecule has 0 spiro atoms. The average molecular weight is 568 g/mol. The third-order valence-corrected chi connectivity index (χ3v) is 2.17. The van der Waals surface area contributed by atoms with E-state index in [1.165, 1.54) is 0 Å². The van der Waals surface area contributed by atoms with Crippen molar-refractivity contribution in [1.29, 1.82) is 0 Å². The summed E-state index contributed by atoms with van der Waals surface area (Å²) in [5.41, 5.74) is 0. The molecule has 0 saturated heterocycles. The molecule has 0 amide bonds. The van der Waals surface area contributed by atoms with Crippen LogP contribution in [0.1, 0.15) is 0 Å². The van der Waals surface area contributed by atoms with Gasteiger partial charge in [0.1, 0.15) is 0 Å². The maximum atomic E-state index is 10.6. The summed E-state index contributed by atoms with van der Waals surface area (Å²) in [6, 6.07) is 0. The van der Waals surface area contributed by atoms with Crippen molar-refractivity contribution in [2.24, 2.45) is 0 Å². The number of carboxylic acid groups (broad SMARTS) is 4. The van der Waals surface area contributed by atoms with E-state index >= 15 is 0 Å². The molecule has 0 radical (unpaired) electrons. The first-order valence-electron chi connectivity index (χ1n) is 7.05. The van der Waals surface area contributed by atoms with Gasteiger partial charge in [-0.2, -0.15) is 0 Å². The van der Waals surface area contributed by atoms with E-state index in [1.807, 2.05) is 0 Å². The Kier molecular flexibility index (Phi) is 38.8. The molecule has 0 rings (SSSR count). The number of carbonyl (C=O) groups is 4. The van der Waals surface area contributed by atoms with Crippen molar-refractivity contribution in [3.05, 3.63) is 0 Å². The Labute approximate surface area is 235 Å². The van der Waals surface area contributed by atoms with E-state index in [4.69, 9.17) is 58.9 Å². The second kappa shape index (κ2) is 26.0. The van der Waals surface area contributed by atoms with E-state index in [0.717, 1.165) is 9.80 Å². The summed E-state index contributed by atoms with van der Waals surface area (Å²) in [6.07, 6.45) is 0. The minimum atomic E-state index is -4.89. The van der Waals surface area contributed by atoms with Crippen LogP contribution in [0.3, 0.4) is 0 Å². The van der Waals surface area contributed by atoms with Gasteiger partial charge in [-0.15, -0.1) is 0 Å². The fourth-order valence-electron chi connectivity index (χ4n) is 1.48. The van der Waals surface area contributed by atoms with Gasteiger partial charge in [0, 0.05) is 13.1 Å². The predicted molar refractivity (Wildman–Crippen MR) is 94.7 cm³/mol. The van der Waals surface area contributed by atoms with E-state index in [1.54, 1.807) is 0 Å². The van der Waals surface area contributed by atoms with Gasteiger partial charge in [-0.25, -0.2) is 0 Å². The molecule has 0 aliphatic carbocycles. The van der Waals surface area contributed by atoms with Gasteiger partial charge in [0.05, 0.1) is 26.2 Å². The van der Waals surface area contributed by atoms with Crippen LogP contribution in [-0.2, 0) is 28.3 Å². The molecule has 12 N–H and O–H groups in total. The Morgan fingerprint density at radius 2 is 0.676 bits per heavy atom. The zero-order valence-corrected chi connectivity index (χ0v) is 23.7. The van der Waals surface area contributed by atoms with Crippen LogP contribution in [0.15, 0.2) is 0 Å². The molecule has 0 saturated carbocycles. The van der Waals surface area contributed by atoms with E-state index in [0.29, 0.717) is 0 Å². The number of nitrogens with zero attached hydrogens (tertiary/aromatic N) is 2. The molecule has 34 heavy (non-hydrogen) atoms. The van der Waals surface area contributed by atoms with Gasteiger partial charge < -0.3 is 60.7 Å². The Morgan fingerprint density at radius 1 is 0.559 bits per heavy atom. The molecular weight excluding hydrogens is 544 g/mol. The first-order valence-corrected chi connectivity index (χ1v) is 10.1. The molecule has 0 fully saturated rings. The van der Waals surface area contributed by atoms with Crippen LogP contribution in [0.4, 0.5) is 0 Å². The topological polar surface area (TPSA) is 380 Å². The average Bonchev–Trinajstić information content (AvgIpc) is 2.38. The fraction of sp³-hybridized carbons (Fsp3) is 0.600. The molecule has 0 aromatic rings. The zero-order chi connectivity index (χ0) is 24.7. The summed E-state index contributed by atoms with van der Waals surface area (Å²) < 4.78 is 17.5. The molecule has 194 valence electrons. The van der Waals surface area contributed by atoms with E-state index in [-0.39, 0.29) is 83.2 Å². The van der Waals surface area contributed by atoms with Crippen LogP contribution in [-0.4, -0.2) is 124 Å². The summed E-state index contributed by atoms with van der Waals surface area (Å²) >= 11 is 0. The predicted octanol–water partition coefficient (Wildman–Crippen LogP) is -12.8. The summed E-state index contributed by atoms with van der Waals surface area (Å²) in [6.45, 7) is -2.25. The number of phosphoric acid groups is 2. The summed E-state index contributed by atoms with van der Waals surface area (Å²) in [4.78, 5) is 90.2. The molecule has 0 heterocycles. The van der Waals surface area contributed by atoms with E-state index < -0.39 is 65.7 Å². The Bertz CT molecular complexity index is 565. The summed E-state index contributed by atoms with van der Waals surface area (Å²) in [5, 5.41) is 34.5. The number of rotatable bonds is 11. The minimum Gasteiger partial charge on any atom is -0.756 e. The van der Waals surface area contributed by atoms with Gasteiger partial charge in [0.2, 0.25) is 0 Å². The monoisotopic (exact) mass is 568 g/mol. The minimum absolute atomic E-state index is 0. The van der Waals surface area contributed by atoms with Crippen molar-refractivity contribution in [1.82, 2.24) is 9.80 Å². The van der Waals surface area contributed by atoms with Crippen LogP contribution in [0.2, 0.25) is 0 Å². The van der Waals surface area contributed by atoms with Crippen molar-refractivity contribution < 1.29 is 148 Å². The van der Waals surface area contributed by atoms with Crippen molar-refractivity contribution >= 4 is 39.5 Å². The van der Waals surface area contributed by atoms with Crippen molar-refractivity contribution in [3.8, 4) is 0 Å². The maximum Gasteiger partial charge on any atom is 1.00 e. The van der Waals surface area contributed by atoms with Crippen LogP contribution in [0.5, 0.6) is 0 Å². The van der Waals surface area contributed by atoms with Crippen molar-refractivity contribution in [2.75, 3.05) is 39.3 Å². The largest absolute Gasteiger partial charge is 1.00 e. The molecule has 0 unspecified atom stereocenters. The maximum absolute atomic E-state index is 10.6. The third-order valence-electron chi connectivity index (χ3n) is 2.17. The van der Waals surface area contributed by atoms with Gasteiger partial charge in [0.25, 0.3) is 15.6 Å². The number of aliphatic carboxylic acids is 4. The Hall–Kier alpha value is -0.0600. The standard InChI is InChI=1S/C10H16N2O8.2Na.2H3O4P.2H2O/c13-7(14)3-11(4-8(15)16)1-2-12(5-9(17)18)6-10(19)20;;;2*1-5(2,3)4;;/h1-6H2,(H,13,14)(H,15,16)(H,17,18)(H,19,20);;;2*(H3,1,2,3,4);2*1H2/q;2*+1;;;;/p-2. The van der Waals surface area contributed by atoms with Crippen molar-refractivity contribution in [2.45, 2.75) is 0 Å². The SMILES string of the molecule is O.O.O=C(O)CN(CCN(CC(=O)O)CC(=O)O)CC(=O)O.O=P([O-])(O)O.O=P([O-])(O)O.[Na+].[Na+]. The van der Waals surface area contributed by atoms with Crippen LogP contribution >= 0.6 is 15.6 Å².